The fourth-order valence-electron chi connectivity index (χ4n) is 2.98. The molecule has 0 amide bonds. The van der Waals surface area contributed by atoms with E-state index in [0.717, 1.165) is 15.7 Å². The largest absolute Gasteiger partial charge is 0.480 e. The average Bonchev–Trinajstić information content (AvgIpc) is 2.67. The summed E-state index contributed by atoms with van der Waals surface area (Å²) in [4.78, 5) is 37.0. The molecule has 7 heteroatoms. The molecule has 2 aromatic carbocycles. The molecule has 3 aromatic rings. The van der Waals surface area contributed by atoms with Gasteiger partial charge >= 0.3 is 11.7 Å². The molecular formula is C20H17BrN2O4. The molecule has 0 saturated heterocycles. The van der Waals surface area contributed by atoms with Gasteiger partial charge in [-0.3, -0.25) is 9.36 Å². The molecule has 0 aliphatic carbocycles. The van der Waals surface area contributed by atoms with Gasteiger partial charge in [-0.1, -0.05) is 60.7 Å². The van der Waals surface area contributed by atoms with Gasteiger partial charge in [0.15, 0.2) is 0 Å². The molecule has 27 heavy (non-hydrogen) atoms. The zero-order chi connectivity index (χ0) is 19.6. The standard InChI is InChI=1S/C20H17BrN2O4/c1-13(19(25)26)23-18(24)16(21)12-22(20(23)27)17(14-8-4-2-5-9-14)15-10-6-3-7-11-15/h2-13,17H,1H3,(H,25,26). The molecule has 0 fully saturated rings. The second-order valence-electron chi connectivity index (χ2n) is 6.08. The van der Waals surface area contributed by atoms with Crippen LogP contribution >= 0.6 is 15.9 Å². The van der Waals surface area contributed by atoms with Crippen LogP contribution in [0.25, 0.3) is 0 Å². The van der Waals surface area contributed by atoms with Crippen LogP contribution in [0, 0.1) is 0 Å². The Morgan fingerprint density at radius 2 is 1.44 bits per heavy atom. The van der Waals surface area contributed by atoms with E-state index in [1.807, 2.05) is 60.7 Å². The number of carboxylic acids is 1. The number of benzene rings is 2. The van der Waals surface area contributed by atoms with Gasteiger partial charge in [-0.05, 0) is 34.0 Å². The van der Waals surface area contributed by atoms with Crippen LogP contribution in [-0.4, -0.2) is 20.2 Å². The van der Waals surface area contributed by atoms with Crippen molar-refractivity contribution in [1.29, 1.82) is 0 Å². The van der Waals surface area contributed by atoms with Crippen molar-refractivity contribution in [1.82, 2.24) is 9.13 Å². The Bertz CT molecular complexity index is 1040. The van der Waals surface area contributed by atoms with Crippen LogP contribution < -0.4 is 11.2 Å². The van der Waals surface area contributed by atoms with Crippen LogP contribution in [0.5, 0.6) is 0 Å². The van der Waals surface area contributed by atoms with Crippen LogP contribution in [0.1, 0.15) is 30.1 Å². The van der Waals surface area contributed by atoms with Gasteiger partial charge in [-0.25, -0.2) is 14.2 Å². The average molecular weight is 429 g/mol. The molecule has 0 aliphatic rings. The van der Waals surface area contributed by atoms with Gasteiger partial charge < -0.3 is 5.11 Å². The Kier molecular flexibility index (Phi) is 5.41. The molecule has 1 N–H and O–H groups in total. The summed E-state index contributed by atoms with van der Waals surface area (Å²) in [5.41, 5.74) is 0.318. The van der Waals surface area contributed by atoms with Crippen molar-refractivity contribution in [2.75, 3.05) is 0 Å². The van der Waals surface area contributed by atoms with E-state index in [2.05, 4.69) is 15.9 Å². The molecule has 1 atom stereocenters. The molecule has 1 aromatic heterocycles. The first kappa shape index (κ1) is 18.8. The summed E-state index contributed by atoms with van der Waals surface area (Å²) in [7, 11) is 0. The van der Waals surface area contributed by atoms with Crippen LogP contribution in [0.2, 0.25) is 0 Å². The van der Waals surface area contributed by atoms with Crippen LogP contribution in [-0.2, 0) is 4.79 Å². The minimum Gasteiger partial charge on any atom is -0.480 e. The minimum absolute atomic E-state index is 0.118. The van der Waals surface area contributed by atoms with Crippen molar-refractivity contribution in [2.45, 2.75) is 19.0 Å². The Balaban J connectivity index is 2.33. The number of aliphatic carboxylic acids is 1. The monoisotopic (exact) mass is 428 g/mol. The maximum absolute atomic E-state index is 13.1. The summed E-state index contributed by atoms with van der Waals surface area (Å²) in [6.45, 7) is 1.31. The van der Waals surface area contributed by atoms with Crippen LogP contribution in [0.4, 0.5) is 0 Å². The fraction of sp³-hybridized carbons (Fsp3) is 0.150. The number of nitrogens with zero attached hydrogens (tertiary/aromatic N) is 2. The lowest BCUT2D eigenvalue weighted by molar-refractivity contribution is -0.140. The number of hydrogen-bond donors (Lipinski definition) is 1. The maximum atomic E-state index is 13.1. The molecule has 6 nitrogen and oxygen atoms in total. The highest BCUT2D eigenvalue weighted by Crippen LogP contribution is 2.25. The zero-order valence-corrected chi connectivity index (χ0v) is 16.0. The van der Waals surface area contributed by atoms with Gasteiger partial charge in [-0.2, -0.15) is 0 Å². The molecule has 1 unspecified atom stereocenters. The first-order valence-electron chi connectivity index (χ1n) is 8.27. The minimum atomic E-state index is -1.29. The maximum Gasteiger partial charge on any atom is 0.332 e. The summed E-state index contributed by atoms with van der Waals surface area (Å²) in [5.74, 6) is -1.25. The van der Waals surface area contributed by atoms with E-state index in [1.54, 1.807) is 0 Å². The molecule has 0 aliphatic heterocycles. The predicted molar refractivity (Wildman–Crippen MR) is 105 cm³/mol. The smallest absolute Gasteiger partial charge is 0.332 e. The van der Waals surface area contributed by atoms with E-state index >= 15 is 0 Å². The second-order valence-corrected chi connectivity index (χ2v) is 6.93. The number of carboxylic acid groups (broad SMARTS) is 1. The van der Waals surface area contributed by atoms with Gasteiger partial charge in [0.25, 0.3) is 5.56 Å². The Hall–Kier alpha value is -2.93. The van der Waals surface area contributed by atoms with Crippen LogP contribution in [0.3, 0.4) is 0 Å². The van der Waals surface area contributed by atoms with Gasteiger partial charge in [-0.15, -0.1) is 0 Å². The quantitative estimate of drug-likeness (QED) is 0.676. The van der Waals surface area contributed by atoms with E-state index in [9.17, 15) is 19.5 Å². The summed E-state index contributed by atoms with van der Waals surface area (Å²) in [5, 5.41) is 9.32. The van der Waals surface area contributed by atoms with Crippen molar-refractivity contribution < 1.29 is 9.90 Å². The molecular weight excluding hydrogens is 412 g/mol. The third-order valence-corrected chi connectivity index (χ3v) is 4.90. The normalized spacial score (nSPS) is 12.1. The molecule has 0 saturated carbocycles. The number of aromatic nitrogens is 2. The molecule has 3 rings (SSSR count). The zero-order valence-electron chi connectivity index (χ0n) is 14.4. The molecule has 0 spiro atoms. The first-order valence-corrected chi connectivity index (χ1v) is 9.07. The lowest BCUT2D eigenvalue weighted by Gasteiger charge is -2.23. The van der Waals surface area contributed by atoms with E-state index in [4.69, 9.17) is 0 Å². The predicted octanol–water partition coefficient (Wildman–Crippen LogP) is 3.06. The highest BCUT2D eigenvalue weighted by atomic mass is 79.9. The first-order chi connectivity index (χ1) is 12.9. The highest BCUT2D eigenvalue weighted by Gasteiger charge is 2.25. The lowest BCUT2D eigenvalue weighted by Crippen LogP contribution is -2.45. The third kappa shape index (κ3) is 3.64. The van der Waals surface area contributed by atoms with Gasteiger partial charge in [0.2, 0.25) is 0 Å². The molecule has 0 bridgehead atoms. The molecule has 138 valence electrons. The van der Waals surface area contributed by atoms with Gasteiger partial charge in [0, 0.05) is 6.20 Å². The summed E-state index contributed by atoms with van der Waals surface area (Å²) in [6.07, 6.45) is 1.42. The topological polar surface area (TPSA) is 81.3 Å². The number of carbonyl (C=O) groups is 1. The summed E-state index contributed by atoms with van der Waals surface area (Å²) < 4.78 is 2.26. The number of hydrogen-bond acceptors (Lipinski definition) is 3. The second kappa shape index (κ2) is 7.75. The van der Waals surface area contributed by atoms with Crippen molar-refractivity contribution in [3.05, 3.63) is 103 Å². The molecule has 0 radical (unpaired) electrons. The van der Waals surface area contributed by atoms with E-state index < -0.39 is 29.3 Å². The summed E-state index contributed by atoms with van der Waals surface area (Å²) in [6, 6.07) is 16.9. The Morgan fingerprint density at radius 1 is 0.963 bits per heavy atom. The summed E-state index contributed by atoms with van der Waals surface area (Å²) >= 11 is 3.18. The fourth-order valence-corrected chi connectivity index (χ4v) is 3.39. The van der Waals surface area contributed by atoms with Crippen molar-refractivity contribution in [3.63, 3.8) is 0 Å². The van der Waals surface area contributed by atoms with Crippen LogP contribution in [0.15, 0.2) is 80.9 Å². The van der Waals surface area contributed by atoms with Gasteiger partial charge in [0.05, 0.1) is 10.5 Å². The molecule has 1 heterocycles. The van der Waals surface area contributed by atoms with E-state index in [-0.39, 0.29) is 4.47 Å². The SMILES string of the molecule is CC(C(=O)O)n1c(=O)c(Br)cn(C(c2ccccc2)c2ccccc2)c1=O. The third-order valence-electron chi connectivity index (χ3n) is 4.36. The van der Waals surface area contributed by atoms with Crippen molar-refractivity contribution >= 4 is 21.9 Å². The number of halogens is 1. The lowest BCUT2D eigenvalue weighted by atomic mass is 9.98. The Morgan fingerprint density at radius 3 is 1.89 bits per heavy atom. The number of rotatable bonds is 5. The van der Waals surface area contributed by atoms with Crippen molar-refractivity contribution in [2.24, 2.45) is 0 Å². The Labute approximate surface area is 163 Å². The highest BCUT2D eigenvalue weighted by molar-refractivity contribution is 9.10. The van der Waals surface area contributed by atoms with Crippen molar-refractivity contribution in [3.8, 4) is 0 Å². The van der Waals surface area contributed by atoms with E-state index in [0.29, 0.717) is 0 Å². The van der Waals surface area contributed by atoms with Gasteiger partial charge in [0.1, 0.15) is 6.04 Å². The van der Waals surface area contributed by atoms with E-state index in [1.165, 1.54) is 17.7 Å².